The van der Waals surface area contributed by atoms with Crippen molar-refractivity contribution in [3.8, 4) is 11.6 Å². The van der Waals surface area contributed by atoms with Crippen LogP contribution in [-0.4, -0.2) is 25.7 Å². The topological polar surface area (TPSA) is 111 Å². The number of carbonyl (C=O) groups is 1. The summed E-state index contributed by atoms with van der Waals surface area (Å²) in [5, 5.41) is 10.7. The average molecular weight is 402 g/mol. The van der Waals surface area contributed by atoms with Gasteiger partial charge < -0.3 is 19.5 Å². The third-order valence-electron chi connectivity index (χ3n) is 4.79. The quantitative estimate of drug-likeness (QED) is 0.534. The number of allylic oxidation sites excluding steroid dienone is 1. The maximum absolute atomic E-state index is 13.3. The van der Waals surface area contributed by atoms with Gasteiger partial charge in [0.15, 0.2) is 5.76 Å². The van der Waals surface area contributed by atoms with Gasteiger partial charge in [-0.1, -0.05) is 0 Å². The van der Waals surface area contributed by atoms with Crippen LogP contribution >= 0.6 is 0 Å². The Hall–Kier alpha value is -4.14. The number of hydrogen-bond acceptors (Lipinski definition) is 7. The van der Waals surface area contributed by atoms with Crippen LogP contribution in [0.15, 0.2) is 75.2 Å². The van der Waals surface area contributed by atoms with Gasteiger partial charge in [0.2, 0.25) is 11.8 Å². The fourth-order valence-electron chi connectivity index (χ4n) is 3.45. The molecule has 0 saturated carbocycles. The first kappa shape index (κ1) is 17.9. The third kappa shape index (κ3) is 3.06. The van der Waals surface area contributed by atoms with Gasteiger partial charge in [0.1, 0.15) is 17.6 Å². The summed E-state index contributed by atoms with van der Waals surface area (Å²) in [6.45, 7) is 3.68. The molecule has 1 aliphatic rings. The van der Waals surface area contributed by atoms with Gasteiger partial charge in [-0.05, 0) is 50.2 Å². The molecule has 1 atom stereocenters. The van der Waals surface area contributed by atoms with E-state index in [0.717, 1.165) is 5.76 Å². The number of hydrogen-bond donors (Lipinski definition) is 2. The predicted octanol–water partition coefficient (Wildman–Crippen LogP) is 3.76. The molecule has 0 aromatic carbocycles. The zero-order valence-electron chi connectivity index (χ0n) is 16.3. The molecule has 150 valence electrons. The van der Waals surface area contributed by atoms with Gasteiger partial charge in [0, 0.05) is 11.9 Å². The van der Waals surface area contributed by atoms with Gasteiger partial charge in [-0.15, -0.1) is 5.10 Å². The van der Waals surface area contributed by atoms with Crippen LogP contribution in [0.3, 0.4) is 0 Å². The summed E-state index contributed by atoms with van der Waals surface area (Å²) in [5.41, 5.74) is 1.72. The lowest BCUT2D eigenvalue weighted by Gasteiger charge is -2.27. The number of rotatable bonds is 4. The summed E-state index contributed by atoms with van der Waals surface area (Å²) in [4.78, 5) is 21.8. The van der Waals surface area contributed by atoms with Crippen LogP contribution in [0.25, 0.3) is 11.6 Å². The van der Waals surface area contributed by atoms with E-state index < -0.39 is 6.04 Å². The first-order chi connectivity index (χ1) is 14.6. The Morgan fingerprint density at radius 1 is 1.20 bits per heavy atom. The molecular formula is C21H18N6O3. The van der Waals surface area contributed by atoms with E-state index in [-0.39, 0.29) is 5.91 Å². The number of pyridine rings is 1. The number of nitrogens with one attached hydrogen (secondary N) is 2. The molecule has 0 radical (unpaired) electrons. The average Bonchev–Trinajstić information content (AvgIpc) is 3.48. The first-order valence-corrected chi connectivity index (χ1v) is 9.36. The second kappa shape index (κ2) is 7.03. The maximum Gasteiger partial charge on any atom is 0.256 e. The van der Waals surface area contributed by atoms with Crippen LogP contribution in [0.4, 0.5) is 11.6 Å². The number of anilines is 2. The van der Waals surface area contributed by atoms with Crippen molar-refractivity contribution >= 4 is 17.5 Å². The number of fused-ring (bicyclic) bond motifs is 1. The lowest BCUT2D eigenvalue weighted by atomic mass is 10.00. The molecule has 0 saturated heterocycles. The molecule has 5 heterocycles. The predicted molar refractivity (Wildman–Crippen MR) is 108 cm³/mol. The Labute approximate surface area is 171 Å². The van der Waals surface area contributed by atoms with Crippen molar-refractivity contribution in [2.75, 3.05) is 10.6 Å². The molecule has 0 fully saturated rings. The fourth-order valence-corrected chi connectivity index (χ4v) is 3.45. The molecule has 2 N–H and O–H groups in total. The monoisotopic (exact) mass is 402 g/mol. The highest BCUT2D eigenvalue weighted by atomic mass is 16.3. The van der Waals surface area contributed by atoms with Crippen LogP contribution in [0.2, 0.25) is 0 Å². The molecule has 4 aromatic rings. The smallest absolute Gasteiger partial charge is 0.256 e. The number of aryl methyl sites for hydroxylation is 1. The van der Waals surface area contributed by atoms with Crippen LogP contribution < -0.4 is 10.6 Å². The highest BCUT2D eigenvalue weighted by molar-refractivity contribution is 6.05. The van der Waals surface area contributed by atoms with Crippen LogP contribution in [0, 0.1) is 6.92 Å². The second-order valence-electron chi connectivity index (χ2n) is 6.89. The van der Waals surface area contributed by atoms with Crippen LogP contribution in [-0.2, 0) is 4.79 Å². The molecule has 0 spiro atoms. The number of aromatic nitrogens is 4. The summed E-state index contributed by atoms with van der Waals surface area (Å²) in [6, 6.07) is 10.2. The molecule has 0 aliphatic carbocycles. The Morgan fingerprint density at radius 3 is 2.80 bits per heavy atom. The van der Waals surface area contributed by atoms with Gasteiger partial charge in [0.25, 0.3) is 5.91 Å². The van der Waals surface area contributed by atoms with Crippen molar-refractivity contribution in [1.29, 1.82) is 0 Å². The van der Waals surface area contributed by atoms with E-state index in [1.54, 1.807) is 47.6 Å². The third-order valence-corrected chi connectivity index (χ3v) is 4.79. The Kier molecular flexibility index (Phi) is 4.20. The van der Waals surface area contributed by atoms with Gasteiger partial charge in [0.05, 0.1) is 23.7 Å². The summed E-state index contributed by atoms with van der Waals surface area (Å²) in [7, 11) is 0. The number of furan rings is 2. The highest BCUT2D eigenvalue weighted by Gasteiger charge is 2.36. The van der Waals surface area contributed by atoms with E-state index in [9.17, 15) is 4.79 Å². The highest BCUT2D eigenvalue weighted by Crippen LogP contribution is 2.37. The summed E-state index contributed by atoms with van der Waals surface area (Å²) >= 11 is 0. The van der Waals surface area contributed by atoms with E-state index in [0.29, 0.717) is 40.3 Å². The minimum Gasteiger partial charge on any atom is -0.464 e. The van der Waals surface area contributed by atoms with Crippen molar-refractivity contribution in [1.82, 2.24) is 19.7 Å². The van der Waals surface area contributed by atoms with Gasteiger partial charge in [-0.3, -0.25) is 9.78 Å². The molecule has 30 heavy (non-hydrogen) atoms. The van der Waals surface area contributed by atoms with Crippen molar-refractivity contribution in [2.24, 2.45) is 0 Å². The summed E-state index contributed by atoms with van der Waals surface area (Å²) < 4.78 is 13.0. The summed E-state index contributed by atoms with van der Waals surface area (Å²) in [6.07, 6.45) is 4.80. The minimum atomic E-state index is -0.595. The van der Waals surface area contributed by atoms with Crippen molar-refractivity contribution in [3.63, 3.8) is 0 Å². The zero-order chi connectivity index (χ0) is 20.7. The normalized spacial score (nSPS) is 15.6. The maximum atomic E-state index is 13.3. The molecule has 5 rings (SSSR count). The molecule has 1 amide bonds. The molecule has 9 heteroatoms. The second-order valence-corrected chi connectivity index (χ2v) is 6.89. The Balaban J connectivity index is 1.59. The standard InChI is InChI=1S/C21H18N6O3/c1-12-7-8-15(30-12)18-17(20(28)24-14-5-3-9-22-11-14)13(2)23-21-25-19(26-27(18)21)16-6-4-10-29-16/h3-11,18H,1-2H3,(H,24,28)(H,23,25,26). The lowest BCUT2D eigenvalue weighted by molar-refractivity contribution is -0.113. The van der Waals surface area contributed by atoms with E-state index >= 15 is 0 Å². The van der Waals surface area contributed by atoms with Crippen molar-refractivity contribution in [2.45, 2.75) is 19.9 Å². The van der Waals surface area contributed by atoms with E-state index in [4.69, 9.17) is 8.83 Å². The summed E-state index contributed by atoms with van der Waals surface area (Å²) in [5.74, 6) is 2.48. The number of amides is 1. The van der Waals surface area contributed by atoms with Crippen LogP contribution in [0.5, 0.6) is 0 Å². The Bertz CT molecular complexity index is 1240. The Morgan fingerprint density at radius 2 is 2.10 bits per heavy atom. The van der Waals surface area contributed by atoms with Gasteiger partial charge in [-0.25, -0.2) is 4.68 Å². The molecule has 1 aliphatic heterocycles. The van der Waals surface area contributed by atoms with E-state index in [1.165, 1.54) is 0 Å². The van der Waals surface area contributed by atoms with E-state index in [2.05, 4.69) is 25.7 Å². The number of carbonyl (C=O) groups excluding carboxylic acids is 1. The number of nitrogens with zero attached hydrogens (tertiary/aromatic N) is 4. The first-order valence-electron chi connectivity index (χ1n) is 9.36. The van der Waals surface area contributed by atoms with Crippen molar-refractivity contribution < 1.29 is 13.6 Å². The molecule has 9 nitrogen and oxygen atoms in total. The van der Waals surface area contributed by atoms with Crippen molar-refractivity contribution in [3.05, 3.63) is 77.8 Å². The van der Waals surface area contributed by atoms with E-state index in [1.807, 2.05) is 26.0 Å². The lowest BCUT2D eigenvalue weighted by Crippen LogP contribution is -2.31. The fraction of sp³-hybridized carbons (Fsp3) is 0.143. The van der Waals surface area contributed by atoms with Crippen LogP contribution in [0.1, 0.15) is 24.5 Å². The SMILES string of the molecule is CC1=C(C(=O)Nc2cccnc2)C(c2ccc(C)o2)n2nc(-c3ccco3)nc2N1. The minimum absolute atomic E-state index is 0.284. The zero-order valence-corrected chi connectivity index (χ0v) is 16.3. The molecular weight excluding hydrogens is 384 g/mol. The molecule has 0 bridgehead atoms. The largest absolute Gasteiger partial charge is 0.464 e. The van der Waals surface area contributed by atoms with Gasteiger partial charge in [-0.2, -0.15) is 4.98 Å². The molecule has 1 unspecified atom stereocenters. The molecule has 4 aromatic heterocycles. The van der Waals surface area contributed by atoms with Gasteiger partial charge >= 0.3 is 0 Å².